The third-order valence-corrected chi connectivity index (χ3v) is 3.41. The lowest BCUT2D eigenvalue weighted by Crippen LogP contribution is -2.49. The van der Waals surface area contributed by atoms with Gasteiger partial charge in [-0.2, -0.15) is 0 Å². The van der Waals surface area contributed by atoms with E-state index in [9.17, 15) is 0 Å². The van der Waals surface area contributed by atoms with E-state index in [0.29, 0.717) is 12.1 Å². The second kappa shape index (κ2) is 8.06. The lowest BCUT2D eigenvalue weighted by atomic mass is 10.1. The minimum atomic E-state index is 0.380. The zero-order valence-electron chi connectivity index (χ0n) is 12.0. The smallest absolute Gasteiger partial charge is 0.0826 e. The Labute approximate surface area is 107 Å². The molecule has 102 valence electrons. The first-order chi connectivity index (χ1) is 8.09. The number of nitrogens with zero attached hydrogens (tertiary/aromatic N) is 1. The Bertz CT molecular complexity index is 195. The monoisotopic (exact) mass is 242 g/mol. The van der Waals surface area contributed by atoms with Gasteiger partial charge in [-0.1, -0.05) is 13.8 Å². The number of morpholine rings is 1. The summed E-state index contributed by atoms with van der Waals surface area (Å²) >= 11 is 0. The van der Waals surface area contributed by atoms with Crippen LogP contribution in [0.25, 0.3) is 0 Å². The predicted molar refractivity (Wildman–Crippen MR) is 73.4 cm³/mol. The van der Waals surface area contributed by atoms with Crippen LogP contribution in [-0.2, 0) is 4.74 Å². The van der Waals surface area contributed by atoms with Gasteiger partial charge < -0.3 is 10.1 Å². The van der Waals surface area contributed by atoms with Crippen molar-refractivity contribution in [2.24, 2.45) is 5.92 Å². The standard InChI is InChI=1S/C14H30N2O/c1-12(2)6-5-7-15-10-14-11-16(13(3)4)8-9-17-14/h12-15H,5-11H2,1-4H3. The average molecular weight is 242 g/mol. The van der Waals surface area contributed by atoms with Crippen molar-refractivity contribution >= 4 is 0 Å². The van der Waals surface area contributed by atoms with Crippen molar-refractivity contribution in [1.29, 1.82) is 0 Å². The molecule has 0 aromatic heterocycles. The number of nitrogens with one attached hydrogen (secondary N) is 1. The largest absolute Gasteiger partial charge is 0.374 e. The molecule has 0 radical (unpaired) electrons. The van der Waals surface area contributed by atoms with Crippen molar-refractivity contribution in [2.45, 2.75) is 52.7 Å². The molecule has 1 unspecified atom stereocenters. The van der Waals surface area contributed by atoms with Gasteiger partial charge in [0.25, 0.3) is 0 Å². The van der Waals surface area contributed by atoms with Gasteiger partial charge in [-0.3, -0.25) is 4.90 Å². The van der Waals surface area contributed by atoms with Crippen LogP contribution in [0.3, 0.4) is 0 Å². The molecule has 3 heteroatoms. The van der Waals surface area contributed by atoms with Crippen LogP contribution >= 0.6 is 0 Å². The highest BCUT2D eigenvalue weighted by atomic mass is 16.5. The highest BCUT2D eigenvalue weighted by Crippen LogP contribution is 2.08. The van der Waals surface area contributed by atoms with Crippen molar-refractivity contribution < 1.29 is 4.74 Å². The molecule has 1 saturated heterocycles. The molecule has 0 aliphatic carbocycles. The Balaban J connectivity index is 2.06. The summed E-state index contributed by atoms with van der Waals surface area (Å²) in [6.07, 6.45) is 2.97. The Morgan fingerprint density at radius 2 is 2.06 bits per heavy atom. The first-order valence-corrected chi connectivity index (χ1v) is 7.16. The van der Waals surface area contributed by atoms with E-state index in [2.05, 4.69) is 37.9 Å². The van der Waals surface area contributed by atoms with Gasteiger partial charge in [0.15, 0.2) is 0 Å². The van der Waals surface area contributed by atoms with E-state index in [1.54, 1.807) is 0 Å². The average Bonchev–Trinajstić information content (AvgIpc) is 2.28. The summed E-state index contributed by atoms with van der Waals surface area (Å²) in [7, 11) is 0. The topological polar surface area (TPSA) is 24.5 Å². The van der Waals surface area contributed by atoms with Crippen molar-refractivity contribution in [1.82, 2.24) is 10.2 Å². The quantitative estimate of drug-likeness (QED) is 0.692. The summed E-state index contributed by atoms with van der Waals surface area (Å²) in [6, 6.07) is 0.641. The van der Waals surface area contributed by atoms with Crippen LogP contribution < -0.4 is 5.32 Å². The number of hydrogen-bond acceptors (Lipinski definition) is 3. The molecule has 17 heavy (non-hydrogen) atoms. The molecular formula is C14H30N2O. The summed E-state index contributed by atoms with van der Waals surface area (Å²) in [5, 5.41) is 3.52. The predicted octanol–water partition coefficient (Wildman–Crippen LogP) is 2.12. The third-order valence-electron chi connectivity index (χ3n) is 3.41. The van der Waals surface area contributed by atoms with Crippen LogP contribution in [-0.4, -0.2) is 49.8 Å². The molecular weight excluding hydrogens is 212 g/mol. The molecule has 0 aromatic rings. The van der Waals surface area contributed by atoms with Gasteiger partial charge in [-0.25, -0.2) is 0 Å². The Kier molecular flexibility index (Phi) is 7.09. The summed E-state index contributed by atoms with van der Waals surface area (Å²) < 4.78 is 5.78. The van der Waals surface area contributed by atoms with Gasteiger partial charge in [0.2, 0.25) is 0 Å². The van der Waals surface area contributed by atoms with Crippen LogP contribution in [0.2, 0.25) is 0 Å². The van der Waals surface area contributed by atoms with E-state index in [-0.39, 0.29) is 0 Å². The number of rotatable bonds is 7. The molecule has 0 amide bonds. The van der Waals surface area contributed by atoms with Crippen LogP contribution in [0, 0.1) is 5.92 Å². The van der Waals surface area contributed by atoms with Crippen LogP contribution in [0.5, 0.6) is 0 Å². The van der Waals surface area contributed by atoms with Crippen molar-refractivity contribution in [2.75, 3.05) is 32.8 Å². The van der Waals surface area contributed by atoms with Crippen LogP contribution in [0.1, 0.15) is 40.5 Å². The summed E-state index contributed by atoms with van der Waals surface area (Å²) in [5.74, 6) is 0.819. The van der Waals surface area contributed by atoms with Gasteiger partial charge >= 0.3 is 0 Å². The van der Waals surface area contributed by atoms with E-state index in [0.717, 1.165) is 38.7 Å². The zero-order valence-corrected chi connectivity index (χ0v) is 12.0. The maximum Gasteiger partial charge on any atom is 0.0826 e. The molecule has 1 aliphatic heterocycles. The van der Waals surface area contributed by atoms with Crippen molar-refractivity contribution in [3.05, 3.63) is 0 Å². The Morgan fingerprint density at radius 1 is 1.29 bits per heavy atom. The fourth-order valence-corrected chi connectivity index (χ4v) is 2.23. The fraction of sp³-hybridized carbons (Fsp3) is 1.00. The molecule has 1 atom stereocenters. The summed E-state index contributed by atoms with van der Waals surface area (Å²) in [5.41, 5.74) is 0. The lowest BCUT2D eigenvalue weighted by Gasteiger charge is -2.35. The van der Waals surface area contributed by atoms with Crippen molar-refractivity contribution in [3.8, 4) is 0 Å². The Morgan fingerprint density at radius 3 is 2.71 bits per heavy atom. The van der Waals surface area contributed by atoms with Crippen LogP contribution in [0.15, 0.2) is 0 Å². The third kappa shape index (κ3) is 6.39. The highest BCUT2D eigenvalue weighted by molar-refractivity contribution is 4.75. The molecule has 1 rings (SSSR count). The van der Waals surface area contributed by atoms with Gasteiger partial charge in [0.05, 0.1) is 12.7 Å². The molecule has 0 saturated carbocycles. The molecule has 0 aromatic carbocycles. The van der Waals surface area contributed by atoms with E-state index < -0.39 is 0 Å². The summed E-state index contributed by atoms with van der Waals surface area (Å²) in [6.45, 7) is 14.3. The fourth-order valence-electron chi connectivity index (χ4n) is 2.23. The van der Waals surface area contributed by atoms with Crippen LogP contribution in [0.4, 0.5) is 0 Å². The van der Waals surface area contributed by atoms with E-state index >= 15 is 0 Å². The molecule has 1 aliphatic rings. The molecule has 1 N–H and O–H groups in total. The van der Waals surface area contributed by atoms with E-state index in [1.165, 1.54) is 12.8 Å². The summed E-state index contributed by atoms with van der Waals surface area (Å²) in [4.78, 5) is 2.50. The minimum absolute atomic E-state index is 0.380. The van der Waals surface area contributed by atoms with Gasteiger partial charge in [-0.15, -0.1) is 0 Å². The molecule has 0 spiro atoms. The van der Waals surface area contributed by atoms with Crippen molar-refractivity contribution in [3.63, 3.8) is 0 Å². The lowest BCUT2D eigenvalue weighted by molar-refractivity contribution is -0.0370. The molecule has 3 nitrogen and oxygen atoms in total. The highest BCUT2D eigenvalue weighted by Gasteiger charge is 2.21. The Hall–Kier alpha value is -0.120. The zero-order chi connectivity index (χ0) is 12.7. The maximum absolute atomic E-state index is 5.78. The minimum Gasteiger partial charge on any atom is -0.374 e. The molecule has 0 bridgehead atoms. The first kappa shape index (κ1) is 14.9. The number of hydrogen-bond donors (Lipinski definition) is 1. The molecule has 1 fully saturated rings. The second-order valence-corrected chi connectivity index (χ2v) is 5.82. The van der Waals surface area contributed by atoms with E-state index in [1.807, 2.05) is 0 Å². The SMILES string of the molecule is CC(C)CCCNCC1CN(C(C)C)CCO1. The van der Waals surface area contributed by atoms with Gasteiger partial charge in [0.1, 0.15) is 0 Å². The van der Waals surface area contributed by atoms with Gasteiger partial charge in [-0.05, 0) is 39.2 Å². The van der Waals surface area contributed by atoms with Gasteiger partial charge in [0, 0.05) is 25.7 Å². The normalized spacial score (nSPS) is 22.6. The van der Waals surface area contributed by atoms with E-state index in [4.69, 9.17) is 4.74 Å². The number of ether oxygens (including phenoxy) is 1. The first-order valence-electron chi connectivity index (χ1n) is 7.16. The second-order valence-electron chi connectivity index (χ2n) is 5.82. The molecule has 1 heterocycles. The maximum atomic E-state index is 5.78.